The van der Waals surface area contributed by atoms with Crippen LogP contribution in [0.15, 0.2) is 0 Å². The highest BCUT2D eigenvalue weighted by Crippen LogP contribution is 2.32. The lowest BCUT2D eigenvalue weighted by Gasteiger charge is -2.49. The molecule has 1 fully saturated rings. The van der Waals surface area contributed by atoms with Crippen LogP contribution in [0.5, 0.6) is 0 Å². The zero-order chi connectivity index (χ0) is 13.6. The van der Waals surface area contributed by atoms with E-state index < -0.39 is 0 Å². The molecule has 4 heteroatoms. The van der Waals surface area contributed by atoms with Gasteiger partial charge in [0, 0.05) is 30.5 Å². The Hall–Kier alpha value is 0.230. The second-order valence-corrected chi connectivity index (χ2v) is 6.49. The van der Waals surface area contributed by atoms with E-state index >= 15 is 0 Å². The summed E-state index contributed by atoms with van der Waals surface area (Å²) in [6.45, 7) is 6.13. The summed E-state index contributed by atoms with van der Waals surface area (Å²) in [5, 5.41) is 0. The van der Waals surface area contributed by atoms with Crippen LogP contribution in [0.1, 0.15) is 39.5 Å². The summed E-state index contributed by atoms with van der Waals surface area (Å²) >= 11 is 1.91. The molecule has 0 saturated carbocycles. The molecule has 3 nitrogen and oxygen atoms in total. The van der Waals surface area contributed by atoms with Gasteiger partial charge in [0.05, 0.1) is 6.10 Å². The van der Waals surface area contributed by atoms with Gasteiger partial charge in [0.25, 0.3) is 0 Å². The van der Waals surface area contributed by atoms with Crippen LogP contribution in [-0.4, -0.2) is 54.8 Å². The molecule has 1 saturated heterocycles. The summed E-state index contributed by atoms with van der Waals surface area (Å²) in [6, 6.07) is 0.573. The first-order valence-electron chi connectivity index (χ1n) is 7.13. The van der Waals surface area contributed by atoms with Crippen molar-refractivity contribution in [1.29, 1.82) is 0 Å². The molecule has 0 bridgehead atoms. The third kappa shape index (κ3) is 3.86. The van der Waals surface area contributed by atoms with E-state index in [1.165, 1.54) is 6.42 Å². The third-order valence-corrected chi connectivity index (χ3v) is 5.15. The molecule has 0 aromatic rings. The Labute approximate surface area is 117 Å². The number of hydrogen-bond acceptors (Lipinski definition) is 4. The van der Waals surface area contributed by atoms with Crippen LogP contribution >= 0.6 is 11.8 Å². The van der Waals surface area contributed by atoms with Crippen molar-refractivity contribution in [3.63, 3.8) is 0 Å². The molecule has 1 aliphatic heterocycles. The maximum atomic E-state index is 6.13. The van der Waals surface area contributed by atoms with E-state index in [4.69, 9.17) is 10.5 Å². The summed E-state index contributed by atoms with van der Waals surface area (Å²) in [7, 11) is 2.24. The van der Waals surface area contributed by atoms with Crippen molar-refractivity contribution < 1.29 is 4.74 Å². The average Bonchev–Trinajstić information content (AvgIpc) is 2.38. The van der Waals surface area contributed by atoms with E-state index in [-0.39, 0.29) is 5.54 Å². The third-order valence-electron chi connectivity index (χ3n) is 4.34. The van der Waals surface area contributed by atoms with Gasteiger partial charge in [-0.15, -0.1) is 0 Å². The Balaban J connectivity index is 2.70. The number of thioether (sulfide) groups is 1. The fraction of sp³-hybridized carbons (Fsp3) is 1.00. The lowest BCUT2D eigenvalue weighted by Crippen LogP contribution is -2.60. The van der Waals surface area contributed by atoms with Gasteiger partial charge in [-0.25, -0.2) is 0 Å². The number of nitrogens with zero attached hydrogens (tertiary/aromatic N) is 1. The van der Waals surface area contributed by atoms with E-state index in [1.807, 2.05) is 11.8 Å². The van der Waals surface area contributed by atoms with Crippen LogP contribution in [0, 0.1) is 0 Å². The highest BCUT2D eigenvalue weighted by molar-refractivity contribution is 7.98. The highest BCUT2D eigenvalue weighted by Gasteiger charge is 2.40. The molecule has 0 spiro atoms. The van der Waals surface area contributed by atoms with Crippen molar-refractivity contribution in [1.82, 2.24) is 4.90 Å². The Morgan fingerprint density at radius 2 is 2.28 bits per heavy atom. The van der Waals surface area contributed by atoms with Crippen LogP contribution in [0.3, 0.4) is 0 Å². The minimum atomic E-state index is 0.146. The molecule has 1 rings (SSSR count). The molecule has 2 N–H and O–H groups in total. The van der Waals surface area contributed by atoms with Crippen molar-refractivity contribution in [3.05, 3.63) is 0 Å². The van der Waals surface area contributed by atoms with E-state index in [9.17, 15) is 0 Å². The van der Waals surface area contributed by atoms with Crippen LogP contribution in [0.2, 0.25) is 0 Å². The molecule has 3 atom stereocenters. The van der Waals surface area contributed by atoms with Crippen molar-refractivity contribution in [3.8, 4) is 0 Å². The lowest BCUT2D eigenvalue weighted by atomic mass is 9.83. The van der Waals surface area contributed by atoms with Gasteiger partial charge in [0.2, 0.25) is 0 Å². The molecule has 1 aliphatic rings. The zero-order valence-corrected chi connectivity index (χ0v) is 13.3. The molecule has 0 aliphatic carbocycles. The van der Waals surface area contributed by atoms with Crippen LogP contribution < -0.4 is 5.73 Å². The van der Waals surface area contributed by atoms with Crippen molar-refractivity contribution in [2.24, 2.45) is 5.73 Å². The molecule has 3 unspecified atom stereocenters. The van der Waals surface area contributed by atoms with Crippen LogP contribution in [-0.2, 0) is 4.74 Å². The van der Waals surface area contributed by atoms with Crippen LogP contribution in [0.25, 0.3) is 0 Å². The fourth-order valence-corrected chi connectivity index (χ4v) is 3.68. The Morgan fingerprint density at radius 1 is 1.56 bits per heavy atom. The summed E-state index contributed by atoms with van der Waals surface area (Å²) in [5.41, 5.74) is 6.27. The summed E-state index contributed by atoms with van der Waals surface area (Å²) in [6.07, 6.45) is 7.08. The highest BCUT2D eigenvalue weighted by atomic mass is 32.2. The molecular formula is C14H30N2OS. The van der Waals surface area contributed by atoms with Gasteiger partial charge in [0.15, 0.2) is 0 Å². The van der Waals surface area contributed by atoms with Crippen LogP contribution in [0.4, 0.5) is 0 Å². The second kappa shape index (κ2) is 7.73. The number of rotatable bonds is 7. The number of ether oxygens (including phenoxy) is 1. The minimum absolute atomic E-state index is 0.146. The number of nitrogens with two attached hydrogens (primary N) is 1. The van der Waals surface area contributed by atoms with Gasteiger partial charge < -0.3 is 10.5 Å². The first-order valence-corrected chi connectivity index (χ1v) is 8.52. The van der Waals surface area contributed by atoms with Gasteiger partial charge in [-0.1, -0.05) is 13.3 Å². The predicted octanol–water partition coefficient (Wildman–Crippen LogP) is 2.35. The molecule has 108 valence electrons. The summed E-state index contributed by atoms with van der Waals surface area (Å²) < 4.78 is 5.88. The minimum Gasteiger partial charge on any atom is -0.378 e. The topological polar surface area (TPSA) is 38.5 Å². The van der Waals surface area contributed by atoms with E-state index in [0.717, 1.165) is 38.2 Å². The quantitative estimate of drug-likeness (QED) is 0.773. The molecule has 0 radical (unpaired) electrons. The summed E-state index contributed by atoms with van der Waals surface area (Å²) in [5.74, 6) is 1.16. The van der Waals surface area contributed by atoms with Crippen molar-refractivity contribution in [2.75, 3.05) is 32.2 Å². The zero-order valence-electron chi connectivity index (χ0n) is 12.4. The number of likely N-dealkylation sites (N-methyl/N-ethyl adjacent to an activating group) is 1. The van der Waals surface area contributed by atoms with Crippen molar-refractivity contribution in [2.45, 2.75) is 57.2 Å². The first-order chi connectivity index (χ1) is 8.59. The van der Waals surface area contributed by atoms with Gasteiger partial charge in [-0.2, -0.15) is 11.8 Å². The van der Waals surface area contributed by atoms with Gasteiger partial charge in [-0.3, -0.25) is 4.90 Å². The molecule has 0 aromatic carbocycles. The smallest absolute Gasteiger partial charge is 0.0593 e. The Morgan fingerprint density at radius 3 is 2.83 bits per heavy atom. The lowest BCUT2D eigenvalue weighted by molar-refractivity contribution is -0.0738. The maximum absolute atomic E-state index is 6.13. The molecule has 0 aromatic heterocycles. The van der Waals surface area contributed by atoms with E-state index in [0.29, 0.717) is 12.1 Å². The predicted molar refractivity (Wildman–Crippen MR) is 81.3 cm³/mol. The first kappa shape index (κ1) is 16.3. The van der Waals surface area contributed by atoms with Gasteiger partial charge in [0.1, 0.15) is 0 Å². The molecular weight excluding hydrogens is 244 g/mol. The van der Waals surface area contributed by atoms with E-state index in [1.54, 1.807) is 0 Å². The normalized spacial score (nSPS) is 30.7. The van der Waals surface area contributed by atoms with Gasteiger partial charge >= 0.3 is 0 Å². The molecule has 18 heavy (non-hydrogen) atoms. The number of hydrogen-bond donors (Lipinski definition) is 1. The Kier molecular flexibility index (Phi) is 6.99. The fourth-order valence-electron chi connectivity index (χ4n) is 2.98. The SMILES string of the molecule is CCCC1CC(CN)(N(C)C(C)CSC)CCO1. The maximum Gasteiger partial charge on any atom is 0.0593 e. The standard InChI is InChI=1S/C14H30N2OS/c1-5-6-13-9-14(11-15,7-8-17-13)16(3)12(2)10-18-4/h12-13H,5-11,15H2,1-4H3. The largest absolute Gasteiger partial charge is 0.378 e. The van der Waals surface area contributed by atoms with Gasteiger partial charge in [-0.05, 0) is 39.5 Å². The average molecular weight is 274 g/mol. The summed E-state index contributed by atoms with van der Waals surface area (Å²) in [4.78, 5) is 2.51. The van der Waals surface area contributed by atoms with Crippen molar-refractivity contribution >= 4 is 11.8 Å². The monoisotopic (exact) mass is 274 g/mol. The molecule has 1 heterocycles. The van der Waals surface area contributed by atoms with E-state index in [2.05, 4.69) is 32.1 Å². The molecule has 0 amide bonds. The Bertz CT molecular complexity index is 234. The second-order valence-electron chi connectivity index (χ2n) is 5.58.